The fraction of sp³-hybridized carbons (Fsp3) is 0.684. The van der Waals surface area contributed by atoms with Crippen LogP contribution in [0.15, 0.2) is 30.3 Å². The molecule has 1 saturated carbocycles. The molecule has 0 heterocycles. The van der Waals surface area contributed by atoms with Crippen LogP contribution < -0.4 is 10.2 Å². The van der Waals surface area contributed by atoms with Gasteiger partial charge in [-0.15, -0.1) is 0 Å². The number of nitrogens with zero attached hydrogens (tertiary/aromatic N) is 1. The molecule has 2 nitrogen and oxygen atoms in total. The van der Waals surface area contributed by atoms with Crippen LogP contribution in [0.5, 0.6) is 0 Å². The number of benzene rings is 1. The van der Waals surface area contributed by atoms with Crippen LogP contribution in [0.3, 0.4) is 0 Å². The molecule has 0 saturated heterocycles. The molecule has 1 atom stereocenters. The molecule has 1 fully saturated rings. The van der Waals surface area contributed by atoms with Crippen LogP contribution in [-0.2, 0) is 0 Å². The molecule has 1 aliphatic rings. The van der Waals surface area contributed by atoms with Crippen LogP contribution in [0.25, 0.3) is 0 Å². The van der Waals surface area contributed by atoms with Gasteiger partial charge in [0.2, 0.25) is 0 Å². The summed E-state index contributed by atoms with van der Waals surface area (Å²) in [5.74, 6) is 0. The van der Waals surface area contributed by atoms with E-state index in [-0.39, 0.29) is 0 Å². The van der Waals surface area contributed by atoms with Crippen molar-refractivity contribution in [3.05, 3.63) is 30.3 Å². The average molecular weight is 288 g/mol. The van der Waals surface area contributed by atoms with Crippen molar-refractivity contribution >= 4 is 5.69 Å². The Morgan fingerprint density at radius 1 is 1.19 bits per heavy atom. The maximum atomic E-state index is 3.73. The summed E-state index contributed by atoms with van der Waals surface area (Å²) >= 11 is 0. The van der Waals surface area contributed by atoms with Crippen molar-refractivity contribution < 1.29 is 0 Å². The standard InChI is InChI=1S/C19H32N2/c1-4-6-14-21(18-10-8-7-9-11-18)16-19(3,5-2)15-20-17-12-13-17/h7-11,17,20H,4-6,12-16H2,1-3H3. The van der Waals surface area contributed by atoms with E-state index in [0.717, 1.165) is 19.1 Å². The molecule has 0 bridgehead atoms. The highest BCUT2D eigenvalue weighted by molar-refractivity contribution is 5.46. The van der Waals surface area contributed by atoms with E-state index in [1.807, 2.05) is 0 Å². The first-order chi connectivity index (χ1) is 10.2. The Bertz CT molecular complexity index is 399. The van der Waals surface area contributed by atoms with Gasteiger partial charge < -0.3 is 10.2 Å². The lowest BCUT2D eigenvalue weighted by atomic mass is 9.86. The van der Waals surface area contributed by atoms with Gasteiger partial charge in [-0.25, -0.2) is 0 Å². The molecule has 0 aromatic heterocycles. The zero-order valence-corrected chi connectivity index (χ0v) is 14.1. The van der Waals surface area contributed by atoms with Crippen molar-refractivity contribution in [2.75, 3.05) is 24.5 Å². The molecular formula is C19H32N2. The third-order valence-corrected chi connectivity index (χ3v) is 4.72. The molecule has 1 aromatic carbocycles. The smallest absolute Gasteiger partial charge is 0.0366 e. The van der Waals surface area contributed by atoms with Crippen LogP contribution in [0.4, 0.5) is 5.69 Å². The summed E-state index contributed by atoms with van der Waals surface area (Å²) in [5.41, 5.74) is 1.73. The third kappa shape index (κ3) is 5.35. The van der Waals surface area contributed by atoms with Crippen LogP contribution in [0.2, 0.25) is 0 Å². The molecule has 1 aromatic rings. The fourth-order valence-corrected chi connectivity index (χ4v) is 2.72. The lowest BCUT2D eigenvalue weighted by Gasteiger charge is -2.36. The first-order valence-corrected chi connectivity index (χ1v) is 8.70. The van der Waals surface area contributed by atoms with E-state index < -0.39 is 0 Å². The minimum atomic E-state index is 0.353. The normalized spacial score (nSPS) is 17.5. The van der Waals surface area contributed by atoms with Crippen molar-refractivity contribution in [2.24, 2.45) is 5.41 Å². The predicted molar refractivity (Wildman–Crippen MR) is 93.0 cm³/mol. The van der Waals surface area contributed by atoms with Gasteiger partial charge in [-0.2, -0.15) is 0 Å². The Kier molecular flexibility index (Phi) is 6.10. The lowest BCUT2D eigenvalue weighted by molar-refractivity contribution is 0.293. The quantitative estimate of drug-likeness (QED) is 0.684. The Balaban J connectivity index is 2.00. The molecule has 0 aliphatic heterocycles. The first-order valence-electron chi connectivity index (χ1n) is 8.70. The van der Waals surface area contributed by atoms with Gasteiger partial charge in [0.1, 0.15) is 0 Å². The molecule has 0 radical (unpaired) electrons. The number of para-hydroxylation sites is 1. The van der Waals surface area contributed by atoms with Crippen molar-refractivity contribution in [3.63, 3.8) is 0 Å². The Morgan fingerprint density at radius 2 is 1.90 bits per heavy atom. The maximum absolute atomic E-state index is 3.73. The molecule has 118 valence electrons. The molecule has 1 aliphatic carbocycles. The van der Waals surface area contributed by atoms with E-state index in [9.17, 15) is 0 Å². The van der Waals surface area contributed by atoms with Crippen LogP contribution >= 0.6 is 0 Å². The minimum Gasteiger partial charge on any atom is -0.371 e. The number of anilines is 1. The number of unbranched alkanes of at least 4 members (excludes halogenated alkanes) is 1. The summed E-state index contributed by atoms with van der Waals surface area (Å²) in [4.78, 5) is 2.58. The van der Waals surface area contributed by atoms with Gasteiger partial charge in [0.25, 0.3) is 0 Å². The molecule has 0 spiro atoms. The van der Waals surface area contributed by atoms with E-state index in [0.29, 0.717) is 5.41 Å². The van der Waals surface area contributed by atoms with E-state index in [4.69, 9.17) is 0 Å². The summed E-state index contributed by atoms with van der Waals surface area (Å²) < 4.78 is 0. The molecule has 1 N–H and O–H groups in total. The van der Waals surface area contributed by atoms with Gasteiger partial charge in [0.15, 0.2) is 0 Å². The maximum Gasteiger partial charge on any atom is 0.0366 e. The van der Waals surface area contributed by atoms with Gasteiger partial charge >= 0.3 is 0 Å². The van der Waals surface area contributed by atoms with E-state index in [2.05, 4.69) is 61.3 Å². The van der Waals surface area contributed by atoms with Gasteiger partial charge in [-0.1, -0.05) is 45.4 Å². The molecule has 1 unspecified atom stereocenters. The number of hydrogen-bond donors (Lipinski definition) is 1. The number of rotatable bonds is 10. The van der Waals surface area contributed by atoms with Crippen molar-refractivity contribution in [1.82, 2.24) is 5.32 Å². The summed E-state index contributed by atoms with van der Waals surface area (Å²) in [6.07, 6.45) is 6.50. The molecule has 0 amide bonds. The minimum absolute atomic E-state index is 0.353. The molecule has 2 heteroatoms. The van der Waals surface area contributed by atoms with Gasteiger partial charge in [0, 0.05) is 31.4 Å². The SMILES string of the molecule is CCCCN(CC(C)(CC)CNC1CC1)c1ccccc1. The topological polar surface area (TPSA) is 15.3 Å². The first kappa shape index (κ1) is 16.4. The highest BCUT2D eigenvalue weighted by Gasteiger charge is 2.29. The third-order valence-electron chi connectivity index (χ3n) is 4.72. The van der Waals surface area contributed by atoms with E-state index in [1.165, 1.54) is 44.3 Å². The second-order valence-corrected chi connectivity index (χ2v) is 6.93. The monoisotopic (exact) mass is 288 g/mol. The Morgan fingerprint density at radius 3 is 2.48 bits per heavy atom. The van der Waals surface area contributed by atoms with Crippen LogP contribution in [0, 0.1) is 5.41 Å². The zero-order chi connectivity index (χ0) is 15.1. The lowest BCUT2D eigenvalue weighted by Crippen LogP contribution is -2.43. The second kappa shape index (κ2) is 7.84. The summed E-state index contributed by atoms with van der Waals surface area (Å²) in [5, 5.41) is 3.73. The molecule has 21 heavy (non-hydrogen) atoms. The summed E-state index contributed by atoms with van der Waals surface area (Å²) in [7, 11) is 0. The predicted octanol–water partition coefficient (Wildman–Crippen LogP) is 4.46. The van der Waals surface area contributed by atoms with Crippen LogP contribution in [0.1, 0.15) is 52.9 Å². The van der Waals surface area contributed by atoms with Gasteiger partial charge in [0.05, 0.1) is 0 Å². The Hall–Kier alpha value is -1.02. The fourth-order valence-electron chi connectivity index (χ4n) is 2.72. The Labute approximate surface area is 130 Å². The largest absolute Gasteiger partial charge is 0.371 e. The van der Waals surface area contributed by atoms with Crippen LogP contribution in [-0.4, -0.2) is 25.7 Å². The summed E-state index contributed by atoms with van der Waals surface area (Å²) in [6, 6.07) is 11.7. The van der Waals surface area contributed by atoms with Crippen molar-refractivity contribution in [3.8, 4) is 0 Å². The van der Waals surface area contributed by atoms with Gasteiger partial charge in [-0.05, 0) is 43.2 Å². The van der Waals surface area contributed by atoms with Crippen molar-refractivity contribution in [1.29, 1.82) is 0 Å². The van der Waals surface area contributed by atoms with Crippen molar-refractivity contribution in [2.45, 2.75) is 58.9 Å². The molecular weight excluding hydrogens is 256 g/mol. The zero-order valence-electron chi connectivity index (χ0n) is 14.1. The molecule has 2 rings (SSSR count). The second-order valence-electron chi connectivity index (χ2n) is 6.93. The van der Waals surface area contributed by atoms with Gasteiger partial charge in [-0.3, -0.25) is 0 Å². The number of hydrogen-bond acceptors (Lipinski definition) is 2. The summed E-state index contributed by atoms with van der Waals surface area (Å²) in [6.45, 7) is 10.5. The van der Waals surface area contributed by atoms with E-state index >= 15 is 0 Å². The highest BCUT2D eigenvalue weighted by Crippen LogP contribution is 2.28. The van der Waals surface area contributed by atoms with E-state index in [1.54, 1.807) is 0 Å². The number of nitrogens with one attached hydrogen (secondary N) is 1. The highest BCUT2D eigenvalue weighted by atomic mass is 15.1. The average Bonchev–Trinajstić information content (AvgIpc) is 3.35.